The van der Waals surface area contributed by atoms with E-state index in [1.54, 1.807) is 17.0 Å². The predicted octanol–water partition coefficient (Wildman–Crippen LogP) is 3.55. The average molecular weight is 469 g/mol. The maximum absolute atomic E-state index is 13.3. The highest BCUT2D eigenvalue weighted by Crippen LogP contribution is 2.33. The third-order valence-corrected chi connectivity index (χ3v) is 8.53. The van der Waals surface area contributed by atoms with E-state index in [1.807, 2.05) is 30.3 Å². The smallest absolute Gasteiger partial charge is 0.331 e. The number of nitrogens with zero attached hydrogens (tertiary/aromatic N) is 2. The van der Waals surface area contributed by atoms with E-state index < -0.39 is 16.1 Å². The number of carbonyl (C=O) groups excluding carboxylic acids is 2. The average Bonchev–Trinajstić information content (AvgIpc) is 3.44. The van der Waals surface area contributed by atoms with Crippen LogP contribution in [0.25, 0.3) is 0 Å². The molecule has 4 amide bonds. The summed E-state index contributed by atoms with van der Waals surface area (Å²) in [7, 11) is -4.01. The second-order valence-electron chi connectivity index (χ2n) is 8.93. The number of nitrogens with one attached hydrogen (secondary N) is 2. The van der Waals surface area contributed by atoms with Crippen molar-refractivity contribution in [1.29, 1.82) is 0 Å². The Balaban J connectivity index is 1.32. The van der Waals surface area contributed by atoms with Crippen molar-refractivity contribution in [3.8, 4) is 0 Å². The number of hydrogen-bond acceptors (Lipinski definition) is 4. The van der Waals surface area contributed by atoms with Gasteiger partial charge in [0, 0.05) is 18.3 Å². The second kappa shape index (κ2) is 8.70. The molecule has 9 heteroatoms. The molecule has 8 nitrogen and oxygen atoms in total. The zero-order chi connectivity index (χ0) is 23.0. The van der Waals surface area contributed by atoms with Crippen LogP contribution >= 0.6 is 0 Å². The maximum Gasteiger partial charge on any atom is 0.331 e. The molecule has 1 saturated heterocycles. The van der Waals surface area contributed by atoms with Crippen LogP contribution in [0.15, 0.2) is 53.4 Å². The molecule has 0 bridgehead atoms. The molecule has 2 aliphatic heterocycles. The van der Waals surface area contributed by atoms with Gasteiger partial charge in [0.1, 0.15) is 0 Å². The molecule has 0 spiro atoms. The van der Waals surface area contributed by atoms with Gasteiger partial charge in [-0.3, -0.25) is 4.90 Å². The number of rotatable bonds is 4. The molecule has 1 atom stereocenters. The van der Waals surface area contributed by atoms with E-state index in [0.717, 1.165) is 46.8 Å². The third kappa shape index (κ3) is 4.17. The van der Waals surface area contributed by atoms with Crippen molar-refractivity contribution in [2.45, 2.75) is 55.5 Å². The zero-order valence-electron chi connectivity index (χ0n) is 18.4. The molecular formula is C24H28N4O4S. The van der Waals surface area contributed by atoms with Crippen LogP contribution in [0.5, 0.6) is 0 Å². The highest BCUT2D eigenvalue weighted by Gasteiger charge is 2.39. The van der Waals surface area contributed by atoms with Crippen LogP contribution in [-0.2, 0) is 16.4 Å². The molecule has 33 heavy (non-hydrogen) atoms. The van der Waals surface area contributed by atoms with Gasteiger partial charge in [-0.2, -0.15) is 0 Å². The minimum atomic E-state index is -4.01. The Morgan fingerprint density at radius 1 is 1.03 bits per heavy atom. The molecule has 0 aromatic heterocycles. The first kappa shape index (κ1) is 21.8. The van der Waals surface area contributed by atoms with Gasteiger partial charge in [-0.05, 0) is 48.6 Å². The van der Waals surface area contributed by atoms with Gasteiger partial charge in [0.25, 0.3) is 10.0 Å². The summed E-state index contributed by atoms with van der Waals surface area (Å²) in [5, 5.41) is 5.88. The lowest BCUT2D eigenvalue weighted by molar-refractivity contribution is 0.235. The SMILES string of the molecule is O=C(NC1CCCCC1)N1CCc2cc(S(=O)(=O)N3C[C@H](c4ccccc4)NC3=O)ccc21. The number of benzene rings is 2. The van der Waals surface area contributed by atoms with E-state index >= 15 is 0 Å². The van der Waals surface area contributed by atoms with Gasteiger partial charge in [-0.1, -0.05) is 49.6 Å². The molecule has 2 aromatic carbocycles. The fourth-order valence-electron chi connectivity index (χ4n) is 4.97. The number of amides is 4. The fourth-order valence-corrected chi connectivity index (χ4v) is 6.38. The van der Waals surface area contributed by atoms with E-state index in [1.165, 1.54) is 12.5 Å². The van der Waals surface area contributed by atoms with Gasteiger partial charge in [0.15, 0.2) is 0 Å². The standard InChI is InChI=1S/C24H28N4O4S/c29-23(25-19-9-5-2-6-10-19)27-14-13-18-15-20(11-12-22(18)27)33(31,32)28-16-21(26-24(28)30)17-7-3-1-4-8-17/h1,3-4,7-8,11-12,15,19,21H,2,5-6,9-10,13-14,16H2,(H,25,29)(H,26,30)/t21-/m1/s1. The summed E-state index contributed by atoms with van der Waals surface area (Å²) in [5.41, 5.74) is 2.39. The number of carbonyl (C=O) groups is 2. The Kier molecular flexibility index (Phi) is 5.74. The number of sulfonamides is 1. The van der Waals surface area contributed by atoms with Crippen molar-refractivity contribution in [2.24, 2.45) is 0 Å². The normalized spacial score (nSPS) is 21.1. The van der Waals surface area contributed by atoms with Gasteiger partial charge < -0.3 is 10.6 Å². The maximum atomic E-state index is 13.3. The first-order chi connectivity index (χ1) is 15.9. The summed E-state index contributed by atoms with van der Waals surface area (Å²) in [6, 6.07) is 13.2. The van der Waals surface area contributed by atoms with Gasteiger partial charge in [0.2, 0.25) is 0 Å². The van der Waals surface area contributed by atoms with Gasteiger partial charge in [0.05, 0.1) is 17.5 Å². The van der Waals surface area contributed by atoms with Crippen molar-refractivity contribution in [3.63, 3.8) is 0 Å². The Hall–Kier alpha value is -3.07. The van der Waals surface area contributed by atoms with E-state index in [9.17, 15) is 18.0 Å². The molecule has 0 unspecified atom stereocenters. The van der Waals surface area contributed by atoms with E-state index in [4.69, 9.17) is 0 Å². The summed E-state index contributed by atoms with van der Waals surface area (Å²) in [6.45, 7) is 0.551. The third-order valence-electron chi connectivity index (χ3n) is 6.79. The molecule has 5 rings (SSSR count). The first-order valence-electron chi connectivity index (χ1n) is 11.5. The number of fused-ring (bicyclic) bond motifs is 1. The van der Waals surface area contributed by atoms with E-state index in [0.29, 0.717) is 13.0 Å². The molecule has 174 valence electrons. The number of hydrogen-bond donors (Lipinski definition) is 2. The van der Waals surface area contributed by atoms with Crippen LogP contribution in [0, 0.1) is 0 Å². The molecular weight excluding hydrogens is 440 g/mol. The van der Waals surface area contributed by atoms with E-state index in [-0.39, 0.29) is 29.6 Å². The van der Waals surface area contributed by atoms with Crippen LogP contribution in [0.2, 0.25) is 0 Å². The first-order valence-corrected chi connectivity index (χ1v) is 13.0. The predicted molar refractivity (Wildman–Crippen MR) is 125 cm³/mol. The highest BCUT2D eigenvalue weighted by atomic mass is 32.2. The summed E-state index contributed by atoms with van der Waals surface area (Å²) in [4.78, 5) is 27.1. The monoisotopic (exact) mass is 468 g/mol. The van der Waals surface area contributed by atoms with Crippen LogP contribution in [0.3, 0.4) is 0 Å². The van der Waals surface area contributed by atoms with Gasteiger partial charge in [-0.15, -0.1) is 0 Å². The minimum absolute atomic E-state index is 0.0399. The second-order valence-corrected chi connectivity index (χ2v) is 10.8. The molecule has 2 heterocycles. The number of urea groups is 2. The minimum Gasteiger partial charge on any atom is -0.335 e. The largest absolute Gasteiger partial charge is 0.335 e. The fraction of sp³-hybridized carbons (Fsp3) is 0.417. The molecule has 0 radical (unpaired) electrons. The highest BCUT2D eigenvalue weighted by molar-refractivity contribution is 7.89. The molecule has 2 aromatic rings. The Labute approximate surface area is 194 Å². The van der Waals surface area contributed by atoms with Crippen LogP contribution in [-0.4, -0.2) is 43.9 Å². The Morgan fingerprint density at radius 3 is 2.55 bits per heavy atom. The Morgan fingerprint density at radius 2 is 1.79 bits per heavy atom. The molecule has 2 fully saturated rings. The van der Waals surface area contributed by atoms with Crippen LogP contribution in [0.1, 0.15) is 49.3 Å². The van der Waals surface area contributed by atoms with Crippen molar-refractivity contribution in [2.75, 3.05) is 18.0 Å². The lowest BCUT2D eigenvalue weighted by Crippen LogP contribution is -2.45. The molecule has 1 aliphatic carbocycles. The quantitative estimate of drug-likeness (QED) is 0.717. The van der Waals surface area contributed by atoms with Crippen molar-refractivity contribution >= 4 is 27.8 Å². The number of anilines is 1. The summed E-state index contributed by atoms with van der Waals surface area (Å²) in [6.07, 6.45) is 6.08. The van der Waals surface area contributed by atoms with Gasteiger partial charge >= 0.3 is 12.1 Å². The lowest BCUT2D eigenvalue weighted by Gasteiger charge is -2.26. The van der Waals surface area contributed by atoms with Crippen molar-refractivity contribution < 1.29 is 18.0 Å². The summed E-state index contributed by atoms with van der Waals surface area (Å²) >= 11 is 0. The van der Waals surface area contributed by atoms with Crippen molar-refractivity contribution in [3.05, 3.63) is 59.7 Å². The topological polar surface area (TPSA) is 98.8 Å². The lowest BCUT2D eigenvalue weighted by atomic mass is 9.96. The van der Waals surface area contributed by atoms with Crippen LogP contribution in [0.4, 0.5) is 15.3 Å². The summed E-state index contributed by atoms with van der Waals surface area (Å²) < 4.78 is 27.4. The van der Waals surface area contributed by atoms with Gasteiger partial charge in [-0.25, -0.2) is 22.3 Å². The van der Waals surface area contributed by atoms with Crippen LogP contribution < -0.4 is 15.5 Å². The zero-order valence-corrected chi connectivity index (χ0v) is 19.2. The molecule has 1 saturated carbocycles. The Bertz CT molecular complexity index is 1160. The van der Waals surface area contributed by atoms with E-state index in [2.05, 4.69) is 10.6 Å². The van der Waals surface area contributed by atoms with Crippen molar-refractivity contribution in [1.82, 2.24) is 14.9 Å². The molecule has 3 aliphatic rings. The summed E-state index contributed by atoms with van der Waals surface area (Å²) in [5.74, 6) is 0. The molecule has 2 N–H and O–H groups in total.